The van der Waals surface area contributed by atoms with E-state index in [0.717, 1.165) is 5.56 Å². The first-order valence-corrected chi connectivity index (χ1v) is 7.12. The highest BCUT2D eigenvalue weighted by molar-refractivity contribution is 6.30. The molecule has 2 aromatic carbocycles. The summed E-state index contributed by atoms with van der Waals surface area (Å²) < 4.78 is 4.72. The Morgan fingerprint density at radius 3 is 2.48 bits per heavy atom. The molecule has 0 saturated heterocycles. The molecule has 120 valence electrons. The van der Waals surface area contributed by atoms with Crippen LogP contribution in [0.5, 0.6) is 0 Å². The van der Waals surface area contributed by atoms with E-state index in [2.05, 4.69) is 0 Å². The fourth-order valence-electron chi connectivity index (χ4n) is 2.19. The van der Waals surface area contributed by atoms with Crippen LogP contribution in [0.4, 0.5) is 11.4 Å². The van der Waals surface area contributed by atoms with Crippen molar-refractivity contribution < 1.29 is 14.5 Å². The summed E-state index contributed by atoms with van der Waals surface area (Å²) in [6.07, 6.45) is 0. The molecule has 2 aromatic rings. The number of methoxy groups -OCH3 is 1. The monoisotopic (exact) mass is 334 g/mol. The molecule has 0 radical (unpaired) electrons. The van der Waals surface area contributed by atoms with Crippen LogP contribution in [0.3, 0.4) is 0 Å². The molecule has 0 heterocycles. The fourth-order valence-corrected chi connectivity index (χ4v) is 2.32. The van der Waals surface area contributed by atoms with E-state index in [1.807, 2.05) is 17.0 Å². The minimum Gasteiger partial charge on any atom is -0.465 e. The lowest BCUT2D eigenvalue weighted by atomic mass is 10.1. The largest absolute Gasteiger partial charge is 0.465 e. The quantitative estimate of drug-likeness (QED) is 0.474. The maximum atomic E-state index is 11.9. The van der Waals surface area contributed by atoms with Gasteiger partial charge in [0.15, 0.2) is 0 Å². The molecule has 0 aliphatic heterocycles. The Balaban J connectivity index is 2.34. The van der Waals surface area contributed by atoms with Gasteiger partial charge in [-0.1, -0.05) is 23.7 Å². The zero-order chi connectivity index (χ0) is 17.0. The molecule has 0 spiro atoms. The Hall–Kier alpha value is -2.60. The van der Waals surface area contributed by atoms with Crippen LogP contribution in [0, 0.1) is 10.1 Å². The lowest BCUT2D eigenvalue weighted by Crippen LogP contribution is -2.20. The van der Waals surface area contributed by atoms with Crippen molar-refractivity contribution in [3.63, 3.8) is 0 Å². The number of carbonyl (C=O) groups is 1. The van der Waals surface area contributed by atoms with E-state index in [4.69, 9.17) is 16.3 Å². The van der Waals surface area contributed by atoms with Gasteiger partial charge >= 0.3 is 5.97 Å². The number of benzene rings is 2. The first-order valence-electron chi connectivity index (χ1n) is 6.74. The molecular weight excluding hydrogens is 320 g/mol. The van der Waals surface area contributed by atoms with E-state index in [1.54, 1.807) is 25.2 Å². The van der Waals surface area contributed by atoms with Crippen LogP contribution in [0.1, 0.15) is 15.9 Å². The van der Waals surface area contributed by atoms with E-state index >= 15 is 0 Å². The molecule has 0 amide bonds. The third-order valence-electron chi connectivity index (χ3n) is 3.34. The van der Waals surface area contributed by atoms with Crippen molar-refractivity contribution in [1.82, 2.24) is 0 Å². The van der Waals surface area contributed by atoms with Crippen LogP contribution in [0.15, 0.2) is 42.5 Å². The van der Waals surface area contributed by atoms with Gasteiger partial charge in [0.2, 0.25) is 0 Å². The average molecular weight is 335 g/mol. The summed E-state index contributed by atoms with van der Waals surface area (Å²) in [7, 11) is 3.03. The molecule has 0 saturated carbocycles. The molecule has 2 rings (SSSR count). The molecule has 0 unspecified atom stereocenters. The maximum absolute atomic E-state index is 11.9. The second-order valence-corrected chi connectivity index (χ2v) is 5.37. The molecule has 0 aliphatic rings. The topological polar surface area (TPSA) is 72.7 Å². The van der Waals surface area contributed by atoms with Crippen molar-refractivity contribution in [3.8, 4) is 0 Å². The number of anilines is 1. The number of ether oxygens (including phenoxy) is 1. The Bertz CT molecular complexity index is 731. The molecular formula is C16H15ClN2O4. The first kappa shape index (κ1) is 16.8. The van der Waals surface area contributed by atoms with Crippen molar-refractivity contribution in [2.75, 3.05) is 19.1 Å². The van der Waals surface area contributed by atoms with Crippen LogP contribution in [-0.2, 0) is 11.3 Å². The van der Waals surface area contributed by atoms with Crippen molar-refractivity contribution in [1.29, 1.82) is 0 Å². The highest BCUT2D eigenvalue weighted by atomic mass is 35.5. The summed E-state index contributed by atoms with van der Waals surface area (Å²) >= 11 is 5.86. The third-order valence-corrected chi connectivity index (χ3v) is 3.59. The van der Waals surface area contributed by atoms with Crippen LogP contribution < -0.4 is 4.90 Å². The summed E-state index contributed by atoms with van der Waals surface area (Å²) in [6, 6.07) is 11.4. The summed E-state index contributed by atoms with van der Waals surface area (Å²) in [5.41, 5.74) is 1.54. The maximum Gasteiger partial charge on any atom is 0.340 e. The van der Waals surface area contributed by atoms with Crippen LogP contribution in [0.25, 0.3) is 0 Å². The van der Waals surface area contributed by atoms with Crippen molar-refractivity contribution in [2.24, 2.45) is 0 Å². The van der Waals surface area contributed by atoms with Crippen molar-refractivity contribution >= 4 is 28.9 Å². The van der Waals surface area contributed by atoms with Gasteiger partial charge in [-0.15, -0.1) is 0 Å². The Labute approximate surface area is 138 Å². The number of nitro benzene ring substituents is 1. The standard InChI is InChI=1S/C16H15ClN2O4/c1-18(10-11-3-5-12(17)6-4-11)15-8-7-13(19(21)22)9-14(15)16(20)23-2/h3-9H,10H2,1-2H3. The molecule has 0 atom stereocenters. The number of hydrogen-bond acceptors (Lipinski definition) is 5. The van der Waals surface area contributed by atoms with Crippen LogP contribution in [-0.4, -0.2) is 25.1 Å². The van der Waals surface area contributed by atoms with E-state index in [-0.39, 0.29) is 11.3 Å². The van der Waals surface area contributed by atoms with Gasteiger partial charge in [0.05, 0.1) is 23.3 Å². The zero-order valence-corrected chi connectivity index (χ0v) is 13.4. The minimum absolute atomic E-state index is 0.151. The van der Waals surface area contributed by atoms with Gasteiger partial charge < -0.3 is 9.64 Å². The van der Waals surface area contributed by atoms with Crippen molar-refractivity contribution in [3.05, 3.63) is 68.7 Å². The van der Waals surface area contributed by atoms with Crippen molar-refractivity contribution in [2.45, 2.75) is 6.54 Å². The van der Waals surface area contributed by atoms with Gasteiger partial charge in [0.25, 0.3) is 5.69 Å². The molecule has 6 nitrogen and oxygen atoms in total. The molecule has 0 aromatic heterocycles. The minimum atomic E-state index is -0.619. The van der Waals surface area contributed by atoms with E-state index in [9.17, 15) is 14.9 Å². The van der Waals surface area contributed by atoms with E-state index in [1.165, 1.54) is 19.2 Å². The number of halogens is 1. The van der Waals surface area contributed by atoms with Crippen LogP contribution >= 0.6 is 11.6 Å². The van der Waals surface area contributed by atoms with Gasteiger partial charge in [0, 0.05) is 30.7 Å². The lowest BCUT2D eigenvalue weighted by Gasteiger charge is -2.21. The number of rotatable bonds is 5. The van der Waals surface area contributed by atoms with Gasteiger partial charge in [-0.25, -0.2) is 4.79 Å². The molecule has 0 N–H and O–H groups in total. The van der Waals surface area contributed by atoms with Gasteiger partial charge in [-0.2, -0.15) is 0 Å². The Morgan fingerprint density at radius 1 is 1.26 bits per heavy atom. The molecule has 0 aliphatic carbocycles. The van der Waals surface area contributed by atoms with E-state index < -0.39 is 10.9 Å². The van der Waals surface area contributed by atoms with Gasteiger partial charge in [0.1, 0.15) is 0 Å². The highest BCUT2D eigenvalue weighted by Crippen LogP contribution is 2.27. The molecule has 0 bridgehead atoms. The SMILES string of the molecule is COC(=O)c1cc([N+](=O)[O-])ccc1N(C)Cc1ccc(Cl)cc1. The second kappa shape index (κ2) is 7.11. The summed E-state index contributed by atoms with van der Waals surface area (Å²) in [5, 5.41) is 11.5. The van der Waals surface area contributed by atoms with Gasteiger partial charge in [-0.05, 0) is 23.8 Å². The third kappa shape index (κ3) is 3.98. The number of hydrogen-bond donors (Lipinski definition) is 0. The molecule has 7 heteroatoms. The fraction of sp³-hybridized carbons (Fsp3) is 0.188. The number of nitro groups is 1. The summed E-state index contributed by atoms with van der Waals surface area (Å²) in [4.78, 5) is 24.1. The smallest absolute Gasteiger partial charge is 0.340 e. The number of esters is 1. The van der Waals surface area contributed by atoms with E-state index in [0.29, 0.717) is 17.3 Å². The Kier molecular flexibility index (Phi) is 5.18. The average Bonchev–Trinajstić information content (AvgIpc) is 2.55. The predicted octanol–water partition coefficient (Wildman–Crippen LogP) is 3.67. The summed E-state index contributed by atoms with van der Waals surface area (Å²) in [6.45, 7) is 0.513. The van der Waals surface area contributed by atoms with Crippen LogP contribution in [0.2, 0.25) is 5.02 Å². The molecule has 0 fully saturated rings. The number of nitrogens with zero attached hydrogens (tertiary/aromatic N) is 2. The first-order chi connectivity index (χ1) is 10.9. The number of non-ortho nitro benzene ring substituents is 1. The summed E-state index contributed by atoms with van der Waals surface area (Å²) in [5.74, 6) is -0.619. The highest BCUT2D eigenvalue weighted by Gasteiger charge is 2.19. The predicted molar refractivity (Wildman–Crippen MR) is 88.0 cm³/mol. The lowest BCUT2D eigenvalue weighted by molar-refractivity contribution is -0.384. The second-order valence-electron chi connectivity index (χ2n) is 4.93. The zero-order valence-electron chi connectivity index (χ0n) is 12.7. The van der Waals surface area contributed by atoms with Gasteiger partial charge in [-0.3, -0.25) is 10.1 Å². The Morgan fingerprint density at radius 2 is 1.91 bits per heavy atom. The normalized spacial score (nSPS) is 10.2. The number of carbonyl (C=O) groups excluding carboxylic acids is 1. The molecule has 23 heavy (non-hydrogen) atoms.